The molecule has 1 aromatic carbocycles. The van der Waals surface area contributed by atoms with E-state index in [1.807, 2.05) is 31.2 Å². The Morgan fingerprint density at radius 3 is 2.70 bits per heavy atom. The van der Waals surface area contributed by atoms with Gasteiger partial charge in [-0.05, 0) is 50.7 Å². The molecule has 0 unspecified atom stereocenters. The van der Waals surface area contributed by atoms with Crippen molar-refractivity contribution in [2.75, 3.05) is 0 Å². The average molecular weight is 270 g/mol. The van der Waals surface area contributed by atoms with Crippen molar-refractivity contribution in [2.24, 2.45) is 0 Å². The summed E-state index contributed by atoms with van der Waals surface area (Å²) >= 11 is 0. The van der Waals surface area contributed by atoms with Crippen LogP contribution in [0, 0.1) is 0 Å². The molecule has 0 bridgehead atoms. The Kier molecular flexibility index (Phi) is 5.60. The first-order valence-corrected chi connectivity index (χ1v) is 7.38. The van der Waals surface area contributed by atoms with Gasteiger partial charge in [-0.3, -0.25) is 0 Å². The molecule has 0 aliphatic carbocycles. The molecule has 1 aromatic rings. The van der Waals surface area contributed by atoms with Crippen LogP contribution in [0.3, 0.4) is 0 Å². The number of aryl methyl sites for hydroxylation is 1. The van der Waals surface area contributed by atoms with E-state index in [0.29, 0.717) is 5.56 Å². The number of benzene rings is 1. The molecule has 0 spiro atoms. The maximum atomic E-state index is 12.2. The van der Waals surface area contributed by atoms with E-state index < -0.39 is 0 Å². The van der Waals surface area contributed by atoms with Gasteiger partial charge < -0.3 is 4.74 Å². The lowest BCUT2D eigenvalue weighted by molar-refractivity contribution is 0.0320. The van der Waals surface area contributed by atoms with Crippen LogP contribution >= 0.6 is 0 Å². The van der Waals surface area contributed by atoms with Gasteiger partial charge in [0.15, 0.2) is 0 Å². The van der Waals surface area contributed by atoms with Crippen molar-refractivity contribution in [1.29, 1.82) is 0 Å². The molecule has 0 radical (unpaired) electrons. The number of rotatable bonds is 0. The lowest BCUT2D eigenvalue weighted by atomic mass is 10.0. The average Bonchev–Trinajstić information content (AvgIpc) is 2.45. The van der Waals surface area contributed by atoms with E-state index in [1.165, 1.54) is 0 Å². The molecule has 1 aliphatic rings. The molecule has 20 heavy (non-hydrogen) atoms. The number of allylic oxidation sites excluding steroid dienone is 4. The second kappa shape index (κ2) is 7.68. The summed E-state index contributed by atoms with van der Waals surface area (Å²) in [6.45, 7) is 1.97. The van der Waals surface area contributed by atoms with Gasteiger partial charge in [-0.1, -0.05) is 42.5 Å². The third-order valence-electron chi connectivity index (χ3n) is 3.49. The van der Waals surface area contributed by atoms with E-state index in [2.05, 4.69) is 24.3 Å². The lowest BCUT2D eigenvalue weighted by Crippen LogP contribution is -2.16. The normalized spacial score (nSPS) is 24.1. The van der Waals surface area contributed by atoms with Crippen LogP contribution in [0.5, 0.6) is 0 Å². The van der Waals surface area contributed by atoms with E-state index >= 15 is 0 Å². The minimum absolute atomic E-state index is 0.0255. The molecule has 1 aliphatic heterocycles. The highest BCUT2D eigenvalue weighted by Gasteiger charge is 2.15. The second-order valence-electron chi connectivity index (χ2n) is 5.20. The summed E-state index contributed by atoms with van der Waals surface area (Å²) < 4.78 is 5.54. The summed E-state index contributed by atoms with van der Waals surface area (Å²) in [5.41, 5.74) is 1.77. The van der Waals surface area contributed by atoms with E-state index in [9.17, 15) is 4.79 Å². The van der Waals surface area contributed by atoms with Crippen LogP contribution in [0.2, 0.25) is 0 Å². The van der Waals surface area contributed by atoms with Gasteiger partial charge >= 0.3 is 5.97 Å². The van der Waals surface area contributed by atoms with Gasteiger partial charge in [0.1, 0.15) is 0 Å². The highest BCUT2D eigenvalue weighted by Crippen LogP contribution is 2.16. The molecule has 1 atom stereocenters. The van der Waals surface area contributed by atoms with Gasteiger partial charge in [-0.15, -0.1) is 0 Å². The second-order valence-corrected chi connectivity index (χ2v) is 5.20. The van der Waals surface area contributed by atoms with Crippen molar-refractivity contribution in [3.63, 3.8) is 0 Å². The molecule has 0 saturated heterocycles. The quantitative estimate of drug-likeness (QED) is 0.650. The number of carbonyl (C=O) groups excluding carboxylic acids is 1. The molecular formula is C18H22O2. The Hall–Kier alpha value is -1.83. The van der Waals surface area contributed by atoms with E-state index in [0.717, 1.165) is 37.7 Å². The summed E-state index contributed by atoms with van der Waals surface area (Å²) in [5.74, 6) is -0.190. The Balaban J connectivity index is 2.18. The third-order valence-corrected chi connectivity index (χ3v) is 3.49. The number of hydrogen-bond acceptors (Lipinski definition) is 2. The van der Waals surface area contributed by atoms with Gasteiger partial charge in [0.2, 0.25) is 0 Å². The summed E-state index contributed by atoms with van der Waals surface area (Å²) in [4.78, 5) is 12.2. The SMILES string of the molecule is C[C@@H]1CCC/C=C\C=C\CCc2ccccc2C(=O)O1. The molecule has 0 saturated carbocycles. The maximum absolute atomic E-state index is 12.2. The van der Waals surface area contributed by atoms with Crippen molar-refractivity contribution in [3.8, 4) is 0 Å². The first-order chi connectivity index (χ1) is 9.77. The van der Waals surface area contributed by atoms with Crippen LogP contribution in [0.25, 0.3) is 0 Å². The monoisotopic (exact) mass is 270 g/mol. The van der Waals surface area contributed by atoms with E-state index in [1.54, 1.807) is 0 Å². The zero-order valence-corrected chi connectivity index (χ0v) is 12.0. The number of fused-ring (bicyclic) bond motifs is 1. The van der Waals surface area contributed by atoms with E-state index in [-0.39, 0.29) is 12.1 Å². The van der Waals surface area contributed by atoms with Crippen molar-refractivity contribution >= 4 is 5.97 Å². The van der Waals surface area contributed by atoms with Gasteiger partial charge in [-0.2, -0.15) is 0 Å². The van der Waals surface area contributed by atoms with Crippen LogP contribution in [-0.4, -0.2) is 12.1 Å². The Morgan fingerprint density at radius 2 is 1.85 bits per heavy atom. The number of esters is 1. The zero-order valence-electron chi connectivity index (χ0n) is 12.0. The largest absolute Gasteiger partial charge is 0.459 e. The predicted molar refractivity (Wildman–Crippen MR) is 81.8 cm³/mol. The number of cyclic esters (lactones) is 1. The predicted octanol–water partition coefficient (Wildman–Crippen LogP) is 4.46. The molecule has 2 rings (SSSR count). The third kappa shape index (κ3) is 4.37. The van der Waals surface area contributed by atoms with Gasteiger partial charge in [0.05, 0.1) is 11.7 Å². The smallest absolute Gasteiger partial charge is 0.338 e. The number of hydrogen-bond donors (Lipinski definition) is 0. The molecule has 0 N–H and O–H groups in total. The standard InChI is InChI=1S/C18H22O2/c1-15-11-7-5-3-2-4-6-8-12-16-13-9-10-14-17(16)18(19)20-15/h2-4,6,9-10,13-15H,5,7-8,11-12H2,1H3/b3-2-,6-4+/t15-/m1/s1. The zero-order chi connectivity index (χ0) is 14.2. The topological polar surface area (TPSA) is 26.3 Å². The van der Waals surface area contributed by atoms with Crippen molar-refractivity contribution in [1.82, 2.24) is 0 Å². The number of ether oxygens (including phenoxy) is 1. The van der Waals surface area contributed by atoms with Crippen molar-refractivity contribution < 1.29 is 9.53 Å². The Labute approximate surface area is 121 Å². The minimum Gasteiger partial charge on any atom is -0.459 e. The summed E-state index contributed by atoms with van der Waals surface area (Å²) in [7, 11) is 0. The van der Waals surface area contributed by atoms with Gasteiger partial charge in [0.25, 0.3) is 0 Å². The van der Waals surface area contributed by atoms with Gasteiger partial charge in [0, 0.05) is 0 Å². The molecule has 1 heterocycles. The first-order valence-electron chi connectivity index (χ1n) is 7.38. The van der Waals surface area contributed by atoms with Crippen LogP contribution in [0.15, 0.2) is 48.6 Å². The summed E-state index contributed by atoms with van der Waals surface area (Å²) in [5, 5.41) is 0. The highest BCUT2D eigenvalue weighted by atomic mass is 16.5. The first kappa shape index (κ1) is 14.6. The molecule has 0 aromatic heterocycles. The molecule has 106 valence electrons. The van der Waals surface area contributed by atoms with Crippen LogP contribution in [0.4, 0.5) is 0 Å². The summed E-state index contributed by atoms with van der Waals surface area (Å²) in [6, 6.07) is 7.74. The Bertz CT molecular complexity index is 500. The van der Waals surface area contributed by atoms with Crippen LogP contribution in [0.1, 0.15) is 48.5 Å². The van der Waals surface area contributed by atoms with Crippen LogP contribution < -0.4 is 0 Å². The maximum Gasteiger partial charge on any atom is 0.338 e. The molecular weight excluding hydrogens is 248 g/mol. The molecule has 2 nitrogen and oxygen atoms in total. The molecule has 2 heteroatoms. The van der Waals surface area contributed by atoms with Crippen molar-refractivity contribution in [3.05, 3.63) is 59.7 Å². The fraction of sp³-hybridized carbons (Fsp3) is 0.389. The number of carbonyl (C=O) groups is 1. The lowest BCUT2D eigenvalue weighted by Gasteiger charge is -2.14. The fourth-order valence-electron chi connectivity index (χ4n) is 2.35. The Morgan fingerprint density at radius 1 is 1.10 bits per heavy atom. The highest BCUT2D eigenvalue weighted by molar-refractivity contribution is 5.91. The minimum atomic E-state index is -0.190. The van der Waals surface area contributed by atoms with Crippen LogP contribution in [-0.2, 0) is 11.2 Å². The molecule has 0 amide bonds. The van der Waals surface area contributed by atoms with Gasteiger partial charge in [-0.25, -0.2) is 4.79 Å². The van der Waals surface area contributed by atoms with Crippen molar-refractivity contribution in [2.45, 2.75) is 45.1 Å². The molecule has 0 fully saturated rings. The fourth-order valence-corrected chi connectivity index (χ4v) is 2.35. The van der Waals surface area contributed by atoms with E-state index in [4.69, 9.17) is 4.74 Å². The summed E-state index contributed by atoms with van der Waals surface area (Å²) in [6.07, 6.45) is 13.3.